The number of nitrogens with one attached hydrogen (secondary N) is 1. The first kappa shape index (κ1) is 27.0. The van der Waals surface area contributed by atoms with Crippen molar-refractivity contribution in [2.45, 2.75) is 24.4 Å². The van der Waals surface area contributed by atoms with Crippen LogP contribution in [0.1, 0.15) is 34.5 Å². The van der Waals surface area contributed by atoms with Gasteiger partial charge in [0.1, 0.15) is 0 Å². The lowest BCUT2D eigenvalue weighted by Gasteiger charge is -2.24. The van der Waals surface area contributed by atoms with Gasteiger partial charge in [0.25, 0.3) is 5.91 Å². The van der Waals surface area contributed by atoms with Gasteiger partial charge in [0.05, 0.1) is 39.5 Å². The molecular formula is C24H24Cl2N2O5S2. The summed E-state index contributed by atoms with van der Waals surface area (Å²) in [4.78, 5) is 12.9. The van der Waals surface area contributed by atoms with Gasteiger partial charge in [-0.05, 0) is 54.4 Å². The van der Waals surface area contributed by atoms with E-state index in [1.807, 2.05) is 0 Å². The standard InChI is InChI=1S/C24H24Cl2N2O5S2/c1-16(18-11-13-20(14-12-18)34(2,30)31)27-24(29)19-9-7-17(8-10-19)15-28(35(3,32)33)22-6-4-5-21(25)23(22)26/h4-14,16H,15H2,1-3H3,(H,27,29)/t16-/m1/s1. The summed E-state index contributed by atoms with van der Waals surface area (Å²) in [5.74, 6) is -0.325. The van der Waals surface area contributed by atoms with E-state index in [9.17, 15) is 21.6 Å². The third kappa shape index (κ3) is 6.76. The lowest BCUT2D eigenvalue weighted by atomic mass is 10.1. The van der Waals surface area contributed by atoms with Crippen LogP contribution in [-0.4, -0.2) is 35.3 Å². The van der Waals surface area contributed by atoms with Gasteiger partial charge in [-0.15, -0.1) is 0 Å². The van der Waals surface area contributed by atoms with Crippen LogP contribution in [-0.2, 0) is 26.4 Å². The number of sulfone groups is 1. The molecule has 0 bridgehead atoms. The molecule has 0 saturated carbocycles. The number of halogens is 2. The highest BCUT2D eigenvalue weighted by molar-refractivity contribution is 7.92. The van der Waals surface area contributed by atoms with E-state index in [1.165, 1.54) is 12.1 Å². The maximum Gasteiger partial charge on any atom is 0.251 e. The van der Waals surface area contributed by atoms with E-state index in [-0.39, 0.29) is 39.1 Å². The molecule has 0 aliphatic carbocycles. The molecule has 186 valence electrons. The summed E-state index contributed by atoms with van der Waals surface area (Å²) in [5, 5.41) is 3.24. The molecule has 0 spiro atoms. The van der Waals surface area contributed by atoms with Gasteiger partial charge in [-0.1, -0.05) is 53.5 Å². The van der Waals surface area contributed by atoms with Gasteiger partial charge in [0, 0.05) is 11.8 Å². The summed E-state index contributed by atoms with van der Waals surface area (Å²) in [6, 6.07) is 17.2. The highest BCUT2D eigenvalue weighted by Crippen LogP contribution is 2.34. The zero-order valence-corrected chi connectivity index (χ0v) is 22.3. The molecule has 0 aromatic heterocycles. The Morgan fingerprint density at radius 2 is 1.51 bits per heavy atom. The molecule has 0 fully saturated rings. The fourth-order valence-corrected chi connectivity index (χ4v) is 5.33. The maximum atomic E-state index is 12.7. The number of hydrogen-bond acceptors (Lipinski definition) is 5. The number of rotatable bonds is 8. The monoisotopic (exact) mass is 554 g/mol. The molecule has 35 heavy (non-hydrogen) atoms. The van der Waals surface area contributed by atoms with Gasteiger partial charge in [-0.2, -0.15) is 0 Å². The van der Waals surface area contributed by atoms with Crippen LogP contribution < -0.4 is 9.62 Å². The number of hydrogen-bond donors (Lipinski definition) is 1. The average Bonchev–Trinajstić information content (AvgIpc) is 2.78. The second-order valence-electron chi connectivity index (χ2n) is 8.08. The maximum absolute atomic E-state index is 12.7. The topological polar surface area (TPSA) is 101 Å². The third-order valence-electron chi connectivity index (χ3n) is 5.30. The summed E-state index contributed by atoms with van der Waals surface area (Å²) in [6.07, 6.45) is 2.21. The van der Waals surface area contributed by atoms with Gasteiger partial charge in [0.15, 0.2) is 9.84 Å². The smallest absolute Gasteiger partial charge is 0.251 e. The SMILES string of the molecule is C[C@@H](NC(=O)c1ccc(CN(c2cccc(Cl)c2Cl)S(C)(=O)=O)cc1)c1ccc(S(C)(=O)=O)cc1. The molecule has 0 unspecified atom stereocenters. The van der Waals surface area contributed by atoms with E-state index in [4.69, 9.17) is 23.2 Å². The van der Waals surface area contributed by atoms with Crippen LogP contribution in [0.2, 0.25) is 10.0 Å². The van der Waals surface area contributed by atoms with E-state index >= 15 is 0 Å². The first-order valence-corrected chi connectivity index (χ1v) is 14.9. The van der Waals surface area contributed by atoms with Crippen molar-refractivity contribution in [3.05, 3.63) is 93.5 Å². The Kier molecular flexibility index (Phi) is 8.16. The summed E-state index contributed by atoms with van der Waals surface area (Å²) in [6.45, 7) is 1.80. The molecule has 11 heteroatoms. The van der Waals surface area contributed by atoms with Gasteiger partial charge < -0.3 is 5.32 Å². The predicted octanol–water partition coefficient (Wildman–Crippen LogP) is 4.85. The Morgan fingerprint density at radius 3 is 2.06 bits per heavy atom. The van der Waals surface area contributed by atoms with Crippen molar-refractivity contribution in [1.29, 1.82) is 0 Å². The van der Waals surface area contributed by atoms with Crippen molar-refractivity contribution in [2.24, 2.45) is 0 Å². The number of carbonyl (C=O) groups is 1. The predicted molar refractivity (Wildman–Crippen MR) is 139 cm³/mol. The van der Waals surface area contributed by atoms with Crippen molar-refractivity contribution in [3.63, 3.8) is 0 Å². The van der Waals surface area contributed by atoms with E-state index in [2.05, 4.69) is 5.32 Å². The summed E-state index contributed by atoms with van der Waals surface area (Å²) < 4.78 is 49.3. The number of sulfonamides is 1. The molecule has 3 aromatic rings. The zero-order chi connectivity index (χ0) is 26.0. The third-order valence-corrected chi connectivity index (χ3v) is 8.36. The first-order valence-electron chi connectivity index (χ1n) is 10.4. The van der Waals surface area contributed by atoms with E-state index in [1.54, 1.807) is 61.5 Å². The van der Waals surface area contributed by atoms with Gasteiger partial charge in [-0.3, -0.25) is 9.10 Å². The largest absolute Gasteiger partial charge is 0.346 e. The number of benzene rings is 3. The molecule has 0 heterocycles. The Morgan fingerprint density at radius 1 is 0.914 bits per heavy atom. The Labute approximate surface area is 215 Å². The highest BCUT2D eigenvalue weighted by atomic mass is 35.5. The van der Waals surface area contributed by atoms with Crippen LogP contribution in [0, 0.1) is 0 Å². The van der Waals surface area contributed by atoms with Crippen LogP contribution in [0.15, 0.2) is 71.6 Å². The van der Waals surface area contributed by atoms with Crippen molar-refractivity contribution in [2.75, 3.05) is 16.8 Å². The van der Waals surface area contributed by atoms with Crippen LogP contribution in [0.3, 0.4) is 0 Å². The zero-order valence-electron chi connectivity index (χ0n) is 19.2. The van der Waals surface area contributed by atoms with E-state index in [0.717, 1.165) is 22.4 Å². The minimum absolute atomic E-state index is 0.00385. The van der Waals surface area contributed by atoms with Gasteiger partial charge in [0.2, 0.25) is 10.0 Å². The molecule has 0 aliphatic heterocycles. The lowest BCUT2D eigenvalue weighted by molar-refractivity contribution is 0.0940. The molecule has 1 amide bonds. The number of amides is 1. The Bertz CT molecular complexity index is 1440. The van der Waals surface area contributed by atoms with Crippen molar-refractivity contribution >= 4 is 54.7 Å². The normalized spacial score (nSPS) is 12.7. The van der Waals surface area contributed by atoms with Crippen LogP contribution in [0.4, 0.5) is 5.69 Å². The summed E-state index contributed by atoms with van der Waals surface area (Å²) in [5.41, 5.74) is 2.05. The molecule has 0 radical (unpaired) electrons. The second kappa shape index (κ2) is 10.6. The van der Waals surface area contributed by atoms with Crippen molar-refractivity contribution in [3.8, 4) is 0 Å². The van der Waals surface area contributed by atoms with Crippen molar-refractivity contribution < 1.29 is 21.6 Å². The second-order valence-corrected chi connectivity index (χ2v) is 12.8. The first-order chi connectivity index (χ1) is 16.3. The molecule has 1 atom stereocenters. The number of anilines is 1. The quantitative estimate of drug-likeness (QED) is 0.428. The van der Waals surface area contributed by atoms with Gasteiger partial charge in [-0.25, -0.2) is 16.8 Å². The number of carbonyl (C=O) groups excluding carboxylic acids is 1. The fraction of sp³-hybridized carbons (Fsp3) is 0.208. The van der Waals surface area contributed by atoms with Crippen molar-refractivity contribution in [1.82, 2.24) is 5.32 Å². The van der Waals surface area contributed by atoms with E-state index in [0.29, 0.717) is 11.1 Å². The minimum Gasteiger partial charge on any atom is -0.346 e. The van der Waals surface area contributed by atoms with Crippen LogP contribution in [0.25, 0.3) is 0 Å². The Balaban J connectivity index is 1.74. The summed E-state index contributed by atoms with van der Waals surface area (Å²) >= 11 is 12.3. The molecule has 0 saturated heterocycles. The van der Waals surface area contributed by atoms with Crippen LogP contribution >= 0.6 is 23.2 Å². The molecule has 7 nitrogen and oxygen atoms in total. The highest BCUT2D eigenvalue weighted by Gasteiger charge is 2.22. The molecule has 3 aromatic carbocycles. The summed E-state index contributed by atoms with van der Waals surface area (Å²) in [7, 11) is -6.97. The molecular weight excluding hydrogens is 531 g/mol. The van der Waals surface area contributed by atoms with E-state index < -0.39 is 19.9 Å². The number of nitrogens with zero attached hydrogens (tertiary/aromatic N) is 1. The molecule has 1 N–H and O–H groups in total. The average molecular weight is 556 g/mol. The van der Waals surface area contributed by atoms with Gasteiger partial charge >= 0.3 is 0 Å². The Hall–Kier alpha value is -2.59. The lowest BCUT2D eigenvalue weighted by Crippen LogP contribution is -2.29. The minimum atomic E-state index is -3.67. The fourth-order valence-electron chi connectivity index (χ4n) is 3.36. The molecule has 0 aliphatic rings. The van der Waals surface area contributed by atoms with Crippen LogP contribution in [0.5, 0.6) is 0 Å². The molecule has 3 rings (SSSR count).